The average molecular weight is 495 g/mol. The zero-order valence-electron chi connectivity index (χ0n) is 20.1. The molecule has 0 unspecified atom stereocenters. The number of likely N-dealkylation sites (tertiary alicyclic amines) is 1. The Balaban J connectivity index is 1.27. The Labute approximate surface area is 209 Å². The van der Waals surface area contributed by atoms with Gasteiger partial charge in [-0.2, -0.15) is 0 Å². The van der Waals surface area contributed by atoms with Gasteiger partial charge in [0.1, 0.15) is 5.69 Å². The molecule has 2 heterocycles. The summed E-state index contributed by atoms with van der Waals surface area (Å²) in [5.74, 6) is -1.41. The fourth-order valence-corrected chi connectivity index (χ4v) is 4.66. The van der Waals surface area contributed by atoms with Crippen LogP contribution in [0.2, 0.25) is 0 Å². The van der Waals surface area contributed by atoms with Crippen molar-refractivity contribution in [2.75, 3.05) is 43.0 Å². The number of para-hydroxylation sites is 1. The van der Waals surface area contributed by atoms with Crippen LogP contribution >= 0.6 is 0 Å². The number of nitro groups is 1. The second kappa shape index (κ2) is 11.7. The largest absolute Gasteiger partial charge is 0.452 e. The summed E-state index contributed by atoms with van der Waals surface area (Å²) in [5, 5.41) is 14.5. The number of hydrogen-bond donors (Lipinski definition) is 1. The van der Waals surface area contributed by atoms with E-state index in [-0.39, 0.29) is 29.0 Å². The van der Waals surface area contributed by atoms with Crippen LogP contribution < -0.4 is 10.2 Å². The van der Waals surface area contributed by atoms with Gasteiger partial charge in [0.25, 0.3) is 11.6 Å². The van der Waals surface area contributed by atoms with Gasteiger partial charge >= 0.3 is 5.97 Å². The van der Waals surface area contributed by atoms with Gasteiger partial charge < -0.3 is 19.9 Å². The lowest BCUT2D eigenvalue weighted by molar-refractivity contribution is -0.384. The van der Waals surface area contributed by atoms with Gasteiger partial charge in [0.2, 0.25) is 5.91 Å². The first-order chi connectivity index (χ1) is 17.4. The average Bonchev–Trinajstić information content (AvgIpc) is 2.92. The zero-order valence-corrected chi connectivity index (χ0v) is 20.1. The van der Waals surface area contributed by atoms with Gasteiger partial charge in [-0.25, -0.2) is 4.79 Å². The third-order valence-electron chi connectivity index (χ3n) is 6.69. The lowest BCUT2D eigenvalue weighted by Crippen LogP contribution is -2.43. The lowest BCUT2D eigenvalue weighted by Gasteiger charge is -2.31. The Hall–Kier alpha value is -3.95. The molecule has 2 aliphatic heterocycles. The molecule has 0 bridgehead atoms. The SMILES string of the molecule is O=C(OCC(=O)N1CCC(C(=O)Nc2ccccc2)CC1)c1ccc(N2CCCCC2)c([N+](=O)[O-])c1. The van der Waals surface area contributed by atoms with Gasteiger partial charge in [-0.3, -0.25) is 19.7 Å². The first-order valence-electron chi connectivity index (χ1n) is 12.3. The van der Waals surface area contributed by atoms with E-state index in [0.29, 0.717) is 31.6 Å². The summed E-state index contributed by atoms with van der Waals surface area (Å²) in [6.07, 6.45) is 4.07. The summed E-state index contributed by atoms with van der Waals surface area (Å²) in [4.78, 5) is 52.2. The van der Waals surface area contributed by atoms with Crippen LogP contribution in [0, 0.1) is 16.0 Å². The number of hydrogen-bond acceptors (Lipinski definition) is 7. The molecule has 4 rings (SSSR count). The van der Waals surface area contributed by atoms with E-state index in [1.54, 1.807) is 11.0 Å². The second-order valence-corrected chi connectivity index (χ2v) is 9.09. The van der Waals surface area contributed by atoms with Crippen LogP contribution in [-0.2, 0) is 14.3 Å². The molecule has 2 amide bonds. The van der Waals surface area contributed by atoms with E-state index < -0.39 is 17.5 Å². The Bertz CT molecular complexity index is 1110. The van der Waals surface area contributed by atoms with Gasteiger partial charge in [-0.15, -0.1) is 0 Å². The number of piperidine rings is 2. The van der Waals surface area contributed by atoms with Crippen molar-refractivity contribution in [1.82, 2.24) is 4.90 Å². The molecule has 2 fully saturated rings. The van der Waals surface area contributed by atoms with E-state index in [0.717, 1.165) is 38.0 Å². The Kier molecular flexibility index (Phi) is 8.14. The third kappa shape index (κ3) is 6.18. The van der Waals surface area contributed by atoms with E-state index in [1.165, 1.54) is 12.1 Å². The summed E-state index contributed by atoms with van der Waals surface area (Å²) < 4.78 is 5.17. The molecule has 10 heteroatoms. The van der Waals surface area contributed by atoms with Crippen LogP contribution in [-0.4, -0.2) is 60.4 Å². The predicted octanol–water partition coefficient (Wildman–Crippen LogP) is 3.62. The third-order valence-corrected chi connectivity index (χ3v) is 6.69. The van der Waals surface area contributed by atoms with E-state index in [9.17, 15) is 24.5 Å². The van der Waals surface area contributed by atoms with Crippen molar-refractivity contribution in [3.05, 3.63) is 64.2 Å². The van der Waals surface area contributed by atoms with Crippen molar-refractivity contribution < 1.29 is 24.0 Å². The number of nitrogens with zero attached hydrogens (tertiary/aromatic N) is 3. The van der Waals surface area contributed by atoms with Crippen LogP contribution in [0.1, 0.15) is 42.5 Å². The quantitative estimate of drug-likeness (QED) is 0.354. The fraction of sp³-hybridized carbons (Fsp3) is 0.423. The van der Waals surface area contributed by atoms with Gasteiger partial charge in [-0.05, 0) is 56.4 Å². The van der Waals surface area contributed by atoms with Crippen molar-refractivity contribution in [3.8, 4) is 0 Å². The smallest absolute Gasteiger partial charge is 0.338 e. The summed E-state index contributed by atoms with van der Waals surface area (Å²) >= 11 is 0. The topological polar surface area (TPSA) is 122 Å². The summed E-state index contributed by atoms with van der Waals surface area (Å²) in [6, 6.07) is 13.5. The monoisotopic (exact) mass is 494 g/mol. The first-order valence-corrected chi connectivity index (χ1v) is 12.3. The maximum Gasteiger partial charge on any atom is 0.338 e. The van der Waals surface area contributed by atoms with Crippen molar-refractivity contribution in [3.63, 3.8) is 0 Å². The number of carbonyl (C=O) groups is 3. The number of carbonyl (C=O) groups excluding carboxylic acids is 3. The molecule has 0 spiro atoms. The highest BCUT2D eigenvalue weighted by Gasteiger charge is 2.28. The van der Waals surface area contributed by atoms with Gasteiger partial charge in [-0.1, -0.05) is 18.2 Å². The summed E-state index contributed by atoms with van der Waals surface area (Å²) in [7, 11) is 0. The highest BCUT2D eigenvalue weighted by atomic mass is 16.6. The molecule has 2 aromatic rings. The molecule has 1 N–H and O–H groups in total. The van der Waals surface area contributed by atoms with Crippen LogP contribution in [0.25, 0.3) is 0 Å². The molecule has 2 aliphatic rings. The molecular weight excluding hydrogens is 464 g/mol. The van der Waals surface area contributed by atoms with Crippen LogP contribution in [0.4, 0.5) is 17.1 Å². The molecule has 0 radical (unpaired) electrons. The maximum absolute atomic E-state index is 12.6. The molecule has 0 aliphatic carbocycles. The summed E-state index contributed by atoms with van der Waals surface area (Å²) in [6.45, 7) is 1.80. The normalized spacial score (nSPS) is 16.3. The molecule has 0 aromatic heterocycles. The maximum atomic E-state index is 12.6. The van der Waals surface area contributed by atoms with Gasteiger partial charge in [0, 0.05) is 43.9 Å². The second-order valence-electron chi connectivity index (χ2n) is 9.09. The highest BCUT2D eigenvalue weighted by molar-refractivity contribution is 5.94. The minimum atomic E-state index is -0.784. The molecule has 0 atom stereocenters. The van der Waals surface area contributed by atoms with E-state index >= 15 is 0 Å². The van der Waals surface area contributed by atoms with Crippen molar-refractivity contribution in [2.45, 2.75) is 32.1 Å². The minimum absolute atomic E-state index is 0.0338. The standard InChI is InChI=1S/C26H30N4O6/c31-24(29-15-11-19(12-16-29)25(32)27-21-7-3-1-4-8-21)18-36-26(33)20-9-10-22(23(17-20)30(34)35)28-13-5-2-6-14-28/h1,3-4,7-10,17,19H,2,5-6,11-16,18H2,(H,27,32). The fourth-order valence-electron chi connectivity index (χ4n) is 4.66. The lowest BCUT2D eigenvalue weighted by atomic mass is 9.95. The molecule has 36 heavy (non-hydrogen) atoms. The van der Waals surface area contributed by atoms with E-state index in [4.69, 9.17) is 4.74 Å². The number of rotatable bonds is 7. The molecule has 2 saturated heterocycles. The molecule has 0 saturated carbocycles. The number of ether oxygens (including phenoxy) is 1. The predicted molar refractivity (Wildman–Crippen MR) is 134 cm³/mol. The van der Waals surface area contributed by atoms with Crippen molar-refractivity contribution >= 4 is 34.8 Å². The number of esters is 1. The van der Waals surface area contributed by atoms with E-state index in [2.05, 4.69) is 5.32 Å². The number of benzene rings is 2. The van der Waals surface area contributed by atoms with Crippen LogP contribution in [0.5, 0.6) is 0 Å². The Morgan fingerprint density at radius 1 is 0.972 bits per heavy atom. The Morgan fingerprint density at radius 3 is 2.33 bits per heavy atom. The van der Waals surface area contributed by atoms with Crippen LogP contribution in [0.15, 0.2) is 48.5 Å². The zero-order chi connectivity index (χ0) is 25.5. The van der Waals surface area contributed by atoms with E-state index in [1.807, 2.05) is 35.2 Å². The molecule has 10 nitrogen and oxygen atoms in total. The number of amides is 2. The molecule has 190 valence electrons. The first kappa shape index (κ1) is 25.2. The molecular formula is C26H30N4O6. The van der Waals surface area contributed by atoms with Crippen molar-refractivity contribution in [1.29, 1.82) is 0 Å². The summed E-state index contributed by atoms with van der Waals surface area (Å²) in [5.41, 5.74) is 1.11. The van der Waals surface area contributed by atoms with Crippen LogP contribution in [0.3, 0.4) is 0 Å². The minimum Gasteiger partial charge on any atom is -0.452 e. The Morgan fingerprint density at radius 2 is 1.67 bits per heavy atom. The highest BCUT2D eigenvalue weighted by Crippen LogP contribution is 2.31. The number of nitrogens with one attached hydrogen (secondary N) is 1. The van der Waals surface area contributed by atoms with Gasteiger partial charge in [0.05, 0.1) is 10.5 Å². The number of nitro benzene ring substituents is 1. The van der Waals surface area contributed by atoms with Gasteiger partial charge in [0.15, 0.2) is 6.61 Å². The van der Waals surface area contributed by atoms with Crippen molar-refractivity contribution in [2.24, 2.45) is 5.92 Å². The number of anilines is 2. The molecule has 2 aromatic carbocycles.